The third-order valence-electron chi connectivity index (χ3n) is 6.17. The van der Waals surface area contributed by atoms with Crippen molar-refractivity contribution in [2.75, 3.05) is 18.0 Å². The largest absolute Gasteiger partial charge is 0.461 e. The first-order valence-electron chi connectivity index (χ1n) is 11.8. The van der Waals surface area contributed by atoms with Crippen LogP contribution in [0, 0.1) is 5.41 Å². The molecule has 0 unspecified atom stereocenters. The number of anilines is 1. The number of benzene rings is 2. The Morgan fingerprint density at radius 2 is 1.41 bits per heavy atom. The van der Waals surface area contributed by atoms with E-state index in [-0.39, 0.29) is 22.6 Å². The summed E-state index contributed by atoms with van der Waals surface area (Å²) in [6, 6.07) is 15.4. The maximum Gasteiger partial charge on any atom is 0.198 e. The van der Waals surface area contributed by atoms with E-state index >= 15 is 0 Å². The van der Waals surface area contributed by atoms with Gasteiger partial charge in [0, 0.05) is 35.3 Å². The minimum absolute atomic E-state index is 0.209. The standard InChI is InChI=1S/C30H31NO3/c1-6-31(7-2)22-15-12-20(13-16-22)14-17-23-18-21(19-26(34-23)30(3,4)5)27-28(32)24-10-8-9-11-25(24)29(27)33/h8-19H,6-7H2,1-5H3. The molecule has 2 aliphatic rings. The Bertz CT molecular complexity index is 1210. The Kier molecular flexibility index (Phi) is 6.43. The Balaban J connectivity index is 1.69. The van der Waals surface area contributed by atoms with E-state index in [2.05, 4.69) is 43.0 Å². The van der Waals surface area contributed by atoms with Crippen molar-refractivity contribution in [1.29, 1.82) is 0 Å². The fraction of sp³-hybridized carbons (Fsp3) is 0.267. The van der Waals surface area contributed by atoms with Crippen molar-refractivity contribution in [3.05, 3.63) is 106 Å². The van der Waals surface area contributed by atoms with Crippen LogP contribution in [-0.4, -0.2) is 24.7 Å². The second-order valence-corrected chi connectivity index (χ2v) is 9.54. The lowest BCUT2D eigenvalue weighted by Crippen LogP contribution is -2.21. The number of carbonyl (C=O) groups excluding carboxylic acids is 2. The monoisotopic (exact) mass is 453 g/mol. The van der Waals surface area contributed by atoms with Crippen LogP contribution in [0.1, 0.15) is 60.9 Å². The predicted molar refractivity (Wildman–Crippen MR) is 138 cm³/mol. The van der Waals surface area contributed by atoms with E-state index in [1.165, 1.54) is 5.69 Å². The van der Waals surface area contributed by atoms with E-state index < -0.39 is 0 Å². The first kappa shape index (κ1) is 23.5. The summed E-state index contributed by atoms with van der Waals surface area (Å²) in [5.74, 6) is 0.854. The Morgan fingerprint density at radius 3 is 1.94 bits per heavy atom. The summed E-state index contributed by atoms with van der Waals surface area (Å²) in [5, 5.41) is 0. The van der Waals surface area contributed by atoms with E-state index in [4.69, 9.17) is 4.74 Å². The Labute approximate surface area is 201 Å². The number of hydrogen-bond donors (Lipinski definition) is 0. The highest BCUT2D eigenvalue weighted by Gasteiger charge is 2.36. The molecule has 2 aromatic carbocycles. The van der Waals surface area contributed by atoms with Gasteiger partial charge < -0.3 is 9.64 Å². The molecule has 0 saturated carbocycles. The molecule has 0 N–H and O–H groups in total. The van der Waals surface area contributed by atoms with Crippen molar-refractivity contribution in [2.24, 2.45) is 5.41 Å². The van der Waals surface area contributed by atoms with Crippen LogP contribution in [0.5, 0.6) is 0 Å². The van der Waals surface area contributed by atoms with Crippen molar-refractivity contribution < 1.29 is 14.3 Å². The minimum atomic E-state index is -0.290. The lowest BCUT2D eigenvalue weighted by Gasteiger charge is -2.27. The van der Waals surface area contributed by atoms with Gasteiger partial charge in [-0.15, -0.1) is 0 Å². The van der Waals surface area contributed by atoms with Crippen LogP contribution < -0.4 is 4.90 Å². The van der Waals surface area contributed by atoms with E-state index in [1.54, 1.807) is 30.3 Å². The van der Waals surface area contributed by atoms with Gasteiger partial charge in [-0.1, -0.05) is 63.2 Å². The van der Waals surface area contributed by atoms with Gasteiger partial charge in [-0.05, 0) is 55.3 Å². The summed E-state index contributed by atoms with van der Waals surface area (Å²) in [4.78, 5) is 28.5. The van der Waals surface area contributed by atoms with Gasteiger partial charge in [0.2, 0.25) is 0 Å². The van der Waals surface area contributed by atoms with E-state index in [0.29, 0.717) is 28.2 Å². The molecule has 0 atom stereocenters. The molecule has 0 aromatic heterocycles. The number of fused-ring (bicyclic) bond motifs is 1. The maximum atomic E-state index is 13.1. The van der Waals surface area contributed by atoms with Gasteiger partial charge in [0.15, 0.2) is 11.6 Å². The molecule has 34 heavy (non-hydrogen) atoms. The second kappa shape index (κ2) is 9.30. The number of allylic oxidation sites excluding steroid dienone is 6. The van der Waals surface area contributed by atoms with Gasteiger partial charge in [-0.25, -0.2) is 0 Å². The van der Waals surface area contributed by atoms with Crippen LogP contribution in [0.2, 0.25) is 0 Å². The van der Waals surface area contributed by atoms with Crippen LogP contribution in [0.3, 0.4) is 0 Å². The molecule has 4 nitrogen and oxygen atoms in total. The van der Waals surface area contributed by atoms with Gasteiger partial charge in [0.05, 0.1) is 5.57 Å². The summed E-state index contributed by atoms with van der Waals surface area (Å²) >= 11 is 0. The van der Waals surface area contributed by atoms with Gasteiger partial charge in [0.1, 0.15) is 11.5 Å². The molecule has 0 spiro atoms. The fourth-order valence-corrected chi connectivity index (χ4v) is 4.20. The zero-order chi connectivity index (χ0) is 24.5. The Hall–Kier alpha value is -3.66. The quantitative estimate of drug-likeness (QED) is 0.370. The van der Waals surface area contributed by atoms with E-state index in [0.717, 1.165) is 18.7 Å². The molecule has 1 aliphatic heterocycles. The molecule has 0 amide bonds. The lowest BCUT2D eigenvalue weighted by atomic mass is 9.89. The van der Waals surface area contributed by atoms with Crippen molar-refractivity contribution in [2.45, 2.75) is 34.6 Å². The first-order valence-corrected chi connectivity index (χ1v) is 11.8. The fourth-order valence-electron chi connectivity index (χ4n) is 4.20. The van der Waals surface area contributed by atoms with Crippen molar-refractivity contribution in [3.63, 3.8) is 0 Å². The number of ketones is 2. The number of nitrogens with zero attached hydrogens (tertiary/aromatic N) is 1. The van der Waals surface area contributed by atoms with Crippen LogP contribution in [-0.2, 0) is 4.74 Å². The number of ether oxygens (including phenoxy) is 1. The molecule has 0 fully saturated rings. The molecule has 0 saturated heterocycles. The van der Waals surface area contributed by atoms with E-state index in [1.807, 2.05) is 39.0 Å². The molecule has 4 heteroatoms. The molecule has 1 aliphatic carbocycles. The molecular formula is C30H31NO3. The second-order valence-electron chi connectivity index (χ2n) is 9.54. The zero-order valence-electron chi connectivity index (χ0n) is 20.5. The molecule has 0 radical (unpaired) electrons. The van der Waals surface area contributed by atoms with Gasteiger partial charge in [-0.2, -0.15) is 0 Å². The van der Waals surface area contributed by atoms with Crippen molar-refractivity contribution in [1.82, 2.24) is 0 Å². The lowest BCUT2D eigenvalue weighted by molar-refractivity contribution is 0.0987. The van der Waals surface area contributed by atoms with Gasteiger partial charge >= 0.3 is 0 Å². The summed E-state index contributed by atoms with van der Waals surface area (Å²) in [7, 11) is 0. The smallest absolute Gasteiger partial charge is 0.198 e. The third kappa shape index (κ3) is 4.54. The minimum Gasteiger partial charge on any atom is -0.461 e. The van der Waals surface area contributed by atoms with Crippen LogP contribution in [0.25, 0.3) is 6.08 Å². The molecule has 174 valence electrons. The highest BCUT2D eigenvalue weighted by atomic mass is 16.5. The van der Waals surface area contributed by atoms with Gasteiger partial charge in [-0.3, -0.25) is 9.59 Å². The highest BCUT2D eigenvalue weighted by Crippen LogP contribution is 2.37. The number of rotatable bonds is 5. The average Bonchev–Trinajstić information content (AvgIpc) is 3.08. The van der Waals surface area contributed by atoms with Crippen LogP contribution in [0.15, 0.2) is 89.4 Å². The maximum absolute atomic E-state index is 13.1. The number of hydrogen-bond acceptors (Lipinski definition) is 4. The summed E-state index contributed by atoms with van der Waals surface area (Å²) < 4.78 is 6.18. The molecule has 1 heterocycles. The molecule has 4 rings (SSSR count). The zero-order valence-corrected chi connectivity index (χ0v) is 20.5. The van der Waals surface area contributed by atoms with Crippen LogP contribution >= 0.6 is 0 Å². The summed E-state index contributed by atoms with van der Waals surface area (Å²) in [5.41, 5.74) is 3.68. The van der Waals surface area contributed by atoms with Gasteiger partial charge in [0.25, 0.3) is 0 Å². The highest BCUT2D eigenvalue weighted by molar-refractivity contribution is 6.40. The normalized spacial score (nSPS) is 15.9. The first-order chi connectivity index (χ1) is 16.2. The topological polar surface area (TPSA) is 46.6 Å². The predicted octanol–water partition coefficient (Wildman–Crippen LogP) is 6.77. The van der Waals surface area contributed by atoms with E-state index in [9.17, 15) is 9.59 Å². The van der Waals surface area contributed by atoms with Crippen molar-refractivity contribution in [3.8, 4) is 0 Å². The third-order valence-corrected chi connectivity index (χ3v) is 6.17. The molecular weight excluding hydrogens is 422 g/mol. The molecule has 2 aromatic rings. The number of Topliss-reactive ketones (excluding diaryl/α,β-unsaturated/α-hetero) is 2. The van der Waals surface area contributed by atoms with Crippen molar-refractivity contribution >= 4 is 23.3 Å². The Morgan fingerprint density at radius 1 is 0.824 bits per heavy atom. The van der Waals surface area contributed by atoms with Crippen LogP contribution in [0.4, 0.5) is 5.69 Å². The average molecular weight is 454 g/mol. The SMILES string of the molecule is CCN(CC)c1ccc(C=CC2=CC(=C3C(=O)c4ccccc4C3=O)C=C(C(C)(C)C)O2)cc1. The summed E-state index contributed by atoms with van der Waals surface area (Å²) in [6.07, 6.45) is 7.49. The molecule has 0 bridgehead atoms. The summed E-state index contributed by atoms with van der Waals surface area (Å²) in [6.45, 7) is 12.4. The number of carbonyl (C=O) groups is 2.